The van der Waals surface area contributed by atoms with Gasteiger partial charge >= 0.3 is 0 Å². The number of rotatable bonds is 6. The lowest BCUT2D eigenvalue weighted by atomic mass is 10.2. The van der Waals surface area contributed by atoms with Crippen molar-refractivity contribution in [1.82, 2.24) is 9.62 Å². The van der Waals surface area contributed by atoms with Crippen molar-refractivity contribution in [2.45, 2.75) is 45.2 Å². The van der Waals surface area contributed by atoms with Gasteiger partial charge in [0.05, 0.1) is 12.8 Å². The molecule has 1 saturated carbocycles. The average molecular weight is 248 g/mol. The van der Waals surface area contributed by atoms with E-state index in [1.54, 1.807) is 0 Å². The van der Waals surface area contributed by atoms with Gasteiger partial charge in [-0.1, -0.05) is 6.92 Å². The Bertz CT molecular complexity index is 349. The van der Waals surface area contributed by atoms with Crippen LogP contribution in [0.15, 0.2) is 0 Å². The second kappa shape index (κ2) is 5.14. The minimum absolute atomic E-state index is 0.0651. The van der Waals surface area contributed by atoms with E-state index in [1.807, 2.05) is 13.8 Å². The van der Waals surface area contributed by atoms with E-state index in [2.05, 4.69) is 5.32 Å². The average Bonchev–Trinajstić information content (AvgIpc) is 2.95. The number of carbonyl (C=O) groups is 1. The molecule has 16 heavy (non-hydrogen) atoms. The third kappa shape index (κ3) is 4.09. The lowest BCUT2D eigenvalue weighted by Crippen LogP contribution is -2.45. The molecule has 1 aliphatic rings. The van der Waals surface area contributed by atoms with Crippen LogP contribution in [0.2, 0.25) is 0 Å². The Morgan fingerprint density at radius 2 is 2.06 bits per heavy atom. The number of amides is 1. The fourth-order valence-corrected chi connectivity index (χ4v) is 2.60. The summed E-state index contributed by atoms with van der Waals surface area (Å²) < 4.78 is 24.3. The summed E-state index contributed by atoms with van der Waals surface area (Å²) >= 11 is 0. The third-order valence-corrected chi connectivity index (χ3v) is 4.09. The Morgan fingerprint density at radius 1 is 1.50 bits per heavy atom. The van der Waals surface area contributed by atoms with Crippen LogP contribution in [0.1, 0.15) is 33.1 Å². The van der Waals surface area contributed by atoms with Gasteiger partial charge in [-0.15, -0.1) is 0 Å². The van der Waals surface area contributed by atoms with E-state index in [1.165, 1.54) is 4.31 Å². The SMILES string of the molecule is CCC(C)N(CC(=O)NC1CC1)S(C)(=O)=O. The van der Waals surface area contributed by atoms with Crippen molar-refractivity contribution in [2.24, 2.45) is 0 Å². The van der Waals surface area contributed by atoms with Crippen LogP contribution in [0.5, 0.6) is 0 Å². The van der Waals surface area contributed by atoms with E-state index >= 15 is 0 Å². The zero-order valence-electron chi connectivity index (χ0n) is 10.1. The van der Waals surface area contributed by atoms with Crippen molar-refractivity contribution in [3.05, 3.63) is 0 Å². The summed E-state index contributed by atoms with van der Waals surface area (Å²) in [6, 6.07) is 0.130. The molecule has 0 aliphatic heterocycles. The fraction of sp³-hybridized carbons (Fsp3) is 0.900. The second-order valence-electron chi connectivity index (χ2n) is 4.41. The molecule has 0 aromatic rings. The van der Waals surface area contributed by atoms with Gasteiger partial charge in [0, 0.05) is 12.1 Å². The molecular weight excluding hydrogens is 228 g/mol. The molecule has 1 amide bonds. The molecule has 0 bridgehead atoms. The molecule has 94 valence electrons. The molecule has 0 heterocycles. The Balaban J connectivity index is 2.58. The van der Waals surface area contributed by atoms with Gasteiger partial charge in [-0.3, -0.25) is 4.79 Å². The van der Waals surface area contributed by atoms with Crippen molar-refractivity contribution in [3.63, 3.8) is 0 Å². The van der Waals surface area contributed by atoms with Crippen molar-refractivity contribution < 1.29 is 13.2 Å². The molecule has 0 aromatic heterocycles. The molecular formula is C10H20N2O3S. The second-order valence-corrected chi connectivity index (χ2v) is 6.34. The summed E-state index contributed by atoms with van der Waals surface area (Å²) in [6.07, 6.45) is 3.86. The maximum Gasteiger partial charge on any atom is 0.235 e. The smallest absolute Gasteiger partial charge is 0.235 e. The molecule has 1 unspecified atom stereocenters. The van der Waals surface area contributed by atoms with Crippen LogP contribution in [0.3, 0.4) is 0 Å². The highest BCUT2D eigenvalue weighted by Crippen LogP contribution is 2.18. The number of hydrogen-bond acceptors (Lipinski definition) is 3. The molecule has 1 rings (SSSR count). The molecule has 0 spiro atoms. The predicted molar refractivity (Wildman–Crippen MR) is 62.5 cm³/mol. The van der Waals surface area contributed by atoms with Crippen LogP contribution < -0.4 is 5.32 Å². The Labute approximate surface area is 97.2 Å². The normalized spacial score (nSPS) is 18.5. The summed E-state index contributed by atoms with van der Waals surface area (Å²) in [7, 11) is -3.31. The summed E-state index contributed by atoms with van der Waals surface area (Å²) in [5, 5.41) is 2.79. The Morgan fingerprint density at radius 3 is 2.44 bits per heavy atom. The number of nitrogens with zero attached hydrogens (tertiary/aromatic N) is 1. The van der Waals surface area contributed by atoms with Crippen LogP contribution in [0.25, 0.3) is 0 Å². The Kier molecular flexibility index (Phi) is 4.32. The summed E-state index contributed by atoms with van der Waals surface area (Å²) in [4.78, 5) is 11.6. The number of nitrogens with one attached hydrogen (secondary N) is 1. The first kappa shape index (κ1) is 13.4. The lowest BCUT2D eigenvalue weighted by Gasteiger charge is -2.25. The maximum atomic E-state index is 11.6. The first-order valence-corrected chi connectivity index (χ1v) is 7.45. The molecule has 1 N–H and O–H groups in total. The monoisotopic (exact) mass is 248 g/mol. The summed E-state index contributed by atoms with van der Waals surface area (Å²) in [6.45, 7) is 3.65. The van der Waals surface area contributed by atoms with Crippen molar-refractivity contribution in [3.8, 4) is 0 Å². The highest BCUT2D eigenvalue weighted by atomic mass is 32.2. The molecule has 6 heteroatoms. The van der Waals surface area contributed by atoms with Crippen LogP contribution >= 0.6 is 0 Å². The van der Waals surface area contributed by atoms with Crippen molar-refractivity contribution in [2.75, 3.05) is 12.8 Å². The quantitative estimate of drug-likeness (QED) is 0.736. The zero-order valence-corrected chi connectivity index (χ0v) is 10.9. The standard InChI is InChI=1S/C10H20N2O3S/c1-4-8(2)12(16(3,14)15)7-10(13)11-9-5-6-9/h8-9H,4-7H2,1-3H3,(H,11,13). The highest BCUT2D eigenvalue weighted by Gasteiger charge is 2.28. The molecule has 5 nitrogen and oxygen atoms in total. The lowest BCUT2D eigenvalue weighted by molar-refractivity contribution is -0.121. The Hall–Kier alpha value is -0.620. The molecule has 1 aliphatic carbocycles. The van der Waals surface area contributed by atoms with Gasteiger partial charge in [0.15, 0.2) is 0 Å². The topological polar surface area (TPSA) is 66.5 Å². The van der Waals surface area contributed by atoms with E-state index in [-0.39, 0.29) is 24.5 Å². The van der Waals surface area contributed by atoms with Gasteiger partial charge < -0.3 is 5.32 Å². The molecule has 0 saturated heterocycles. The van der Waals surface area contributed by atoms with E-state index in [4.69, 9.17) is 0 Å². The van der Waals surface area contributed by atoms with E-state index in [0.717, 1.165) is 19.1 Å². The molecule has 0 aromatic carbocycles. The van der Waals surface area contributed by atoms with Gasteiger partial charge in [-0.05, 0) is 26.2 Å². The maximum absolute atomic E-state index is 11.6. The number of hydrogen-bond donors (Lipinski definition) is 1. The zero-order chi connectivity index (χ0) is 12.3. The van der Waals surface area contributed by atoms with Gasteiger partial charge in [-0.2, -0.15) is 4.31 Å². The van der Waals surface area contributed by atoms with Gasteiger partial charge in [0.1, 0.15) is 0 Å². The highest BCUT2D eigenvalue weighted by molar-refractivity contribution is 7.88. The first-order chi connectivity index (χ1) is 7.34. The van der Waals surface area contributed by atoms with Crippen LogP contribution in [0, 0.1) is 0 Å². The number of carbonyl (C=O) groups excluding carboxylic acids is 1. The minimum atomic E-state index is -3.31. The number of sulfonamides is 1. The summed E-state index contributed by atoms with van der Waals surface area (Å²) in [5.74, 6) is -0.201. The van der Waals surface area contributed by atoms with E-state index in [9.17, 15) is 13.2 Å². The third-order valence-electron chi connectivity index (χ3n) is 2.75. The van der Waals surface area contributed by atoms with Crippen LogP contribution in [-0.4, -0.2) is 43.5 Å². The fourth-order valence-electron chi connectivity index (χ4n) is 1.45. The van der Waals surface area contributed by atoms with Gasteiger partial charge in [-0.25, -0.2) is 8.42 Å². The predicted octanol–water partition coefficient (Wildman–Crippen LogP) is 0.325. The van der Waals surface area contributed by atoms with Crippen molar-refractivity contribution >= 4 is 15.9 Å². The van der Waals surface area contributed by atoms with Crippen LogP contribution in [-0.2, 0) is 14.8 Å². The largest absolute Gasteiger partial charge is 0.352 e. The molecule has 0 radical (unpaired) electrons. The van der Waals surface area contributed by atoms with E-state index in [0.29, 0.717) is 6.42 Å². The summed E-state index contributed by atoms with van der Waals surface area (Å²) in [5.41, 5.74) is 0. The van der Waals surface area contributed by atoms with Gasteiger partial charge in [0.2, 0.25) is 15.9 Å². The van der Waals surface area contributed by atoms with Gasteiger partial charge in [0.25, 0.3) is 0 Å². The van der Waals surface area contributed by atoms with Crippen molar-refractivity contribution in [1.29, 1.82) is 0 Å². The minimum Gasteiger partial charge on any atom is -0.352 e. The molecule has 1 atom stereocenters. The first-order valence-electron chi connectivity index (χ1n) is 5.60. The molecule has 1 fully saturated rings. The van der Waals surface area contributed by atoms with Crippen LogP contribution in [0.4, 0.5) is 0 Å². The van der Waals surface area contributed by atoms with E-state index < -0.39 is 10.0 Å².